The Bertz CT molecular complexity index is 1490. The molecule has 0 amide bonds. The van der Waals surface area contributed by atoms with Crippen molar-refractivity contribution in [2.75, 3.05) is 12.0 Å². The average Bonchev–Trinajstić information content (AvgIpc) is 2.85. The number of nitro groups is 3. The molecule has 37 heavy (non-hydrogen) atoms. The van der Waals surface area contributed by atoms with E-state index in [1.54, 1.807) is 6.92 Å². The molecule has 3 rings (SSSR count). The number of hydrazone groups is 1. The third kappa shape index (κ3) is 6.51. The molecule has 0 saturated carbocycles. The first-order chi connectivity index (χ1) is 17.5. The Morgan fingerprint density at radius 1 is 0.865 bits per heavy atom. The van der Waals surface area contributed by atoms with E-state index in [9.17, 15) is 38.8 Å². The Kier molecular flexibility index (Phi) is 7.93. The molecule has 3 aromatic carbocycles. The molecule has 0 bridgehead atoms. The molecule has 16 heteroatoms. The van der Waals surface area contributed by atoms with E-state index in [2.05, 4.69) is 10.5 Å². The summed E-state index contributed by atoms with van der Waals surface area (Å²) in [5.41, 5.74) is 1.44. The molecule has 0 spiro atoms. The van der Waals surface area contributed by atoms with Crippen LogP contribution in [0.5, 0.6) is 11.5 Å². The lowest BCUT2D eigenvalue weighted by Crippen LogP contribution is -2.11. The SMILES string of the molecule is CCOc1cc(/C=N\Nc2ccc([N+](=O)[O-])cc2[N+](=O)[O-])ccc1OS(=O)(=O)c1ccc([N+](=O)[O-])cc1. The summed E-state index contributed by atoms with van der Waals surface area (Å²) in [4.78, 5) is 30.3. The number of nitro benzene ring substituents is 3. The van der Waals surface area contributed by atoms with E-state index in [0.717, 1.165) is 42.5 Å². The molecule has 0 saturated heterocycles. The zero-order valence-corrected chi connectivity index (χ0v) is 19.7. The first-order valence-electron chi connectivity index (χ1n) is 10.2. The van der Waals surface area contributed by atoms with E-state index in [0.29, 0.717) is 5.56 Å². The minimum absolute atomic E-state index is 0.0400. The number of nitrogens with one attached hydrogen (secondary N) is 1. The molecule has 0 unspecified atom stereocenters. The average molecular weight is 531 g/mol. The molecule has 0 heterocycles. The van der Waals surface area contributed by atoms with Crippen molar-refractivity contribution in [3.63, 3.8) is 0 Å². The predicted octanol–water partition coefficient (Wildman–Crippen LogP) is 4.02. The van der Waals surface area contributed by atoms with Crippen LogP contribution in [0.1, 0.15) is 12.5 Å². The number of hydrogen-bond donors (Lipinski definition) is 1. The fraction of sp³-hybridized carbons (Fsp3) is 0.0952. The quantitative estimate of drug-likeness (QED) is 0.162. The maximum atomic E-state index is 12.6. The lowest BCUT2D eigenvalue weighted by Gasteiger charge is -2.12. The van der Waals surface area contributed by atoms with Crippen molar-refractivity contribution >= 4 is 39.1 Å². The van der Waals surface area contributed by atoms with Crippen molar-refractivity contribution < 1.29 is 32.1 Å². The highest BCUT2D eigenvalue weighted by Gasteiger charge is 2.21. The fourth-order valence-corrected chi connectivity index (χ4v) is 3.84. The normalized spacial score (nSPS) is 11.2. The Hall–Kier alpha value is -5.12. The van der Waals surface area contributed by atoms with Gasteiger partial charge >= 0.3 is 15.8 Å². The summed E-state index contributed by atoms with van der Waals surface area (Å²) in [6, 6.07) is 11.3. The van der Waals surface area contributed by atoms with Crippen LogP contribution in [0, 0.1) is 30.3 Å². The van der Waals surface area contributed by atoms with E-state index in [4.69, 9.17) is 8.92 Å². The Labute approximate surface area is 208 Å². The van der Waals surface area contributed by atoms with Crippen molar-refractivity contribution in [3.8, 4) is 11.5 Å². The maximum absolute atomic E-state index is 12.6. The number of nitrogens with zero attached hydrogens (tertiary/aromatic N) is 4. The molecule has 192 valence electrons. The highest BCUT2D eigenvalue weighted by atomic mass is 32.2. The van der Waals surface area contributed by atoms with Crippen LogP contribution in [-0.2, 0) is 10.1 Å². The first kappa shape index (κ1) is 26.5. The smallest absolute Gasteiger partial charge is 0.339 e. The largest absolute Gasteiger partial charge is 0.490 e. The topological polar surface area (TPSA) is 206 Å². The number of anilines is 1. The van der Waals surface area contributed by atoms with Gasteiger partial charge in [-0.15, -0.1) is 0 Å². The van der Waals surface area contributed by atoms with Crippen LogP contribution < -0.4 is 14.3 Å². The van der Waals surface area contributed by atoms with Gasteiger partial charge in [-0.3, -0.25) is 35.8 Å². The molecule has 0 fully saturated rings. The lowest BCUT2D eigenvalue weighted by atomic mass is 10.2. The van der Waals surface area contributed by atoms with Crippen molar-refractivity contribution in [1.82, 2.24) is 0 Å². The summed E-state index contributed by atoms with van der Waals surface area (Å²) in [7, 11) is -4.35. The molecule has 0 aromatic heterocycles. The first-order valence-corrected chi connectivity index (χ1v) is 11.6. The van der Waals surface area contributed by atoms with Gasteiger partial charge in [0.1, 0.15) is 10.6 Å². The highest BCUT2D eigenvalue weighted by Crippen LogP contribution is 2.32. The second kappa shape index (κ2) is 11.1. The van der Waals surface area contributed by atoms with Gasteiger partial charge in [-0.05, 0) is 48.9 Å². The minimum atomic E-state index is -4.35. The van der Waals surface area contributed by atoms with Crippen molar-refractivity contribution in [2.45, 2.75) is 11.8 Å². The molecule has 0 aliphatic carbocycles. The lowest BCUT2D eigenvalue weighted by molar-refractivity contribution is -0.393. The van der Waals surface area contributed by atoms with Gasteiger partial charge in [0.05, 0.1) is 33.7 Å². The molecule has 0 atom stereocenters. The zero-order chi connectivity index (χ0) is 27.2. The summed E-state index contributed by atoms with van der Waals surface area (Å²) < 4.78 is 35.9. The maximum Gasteiger partial charge on any atom is 0.339 e. The molecule has 0 aliphatic heterocycles. The van der Waals surface area contributed by atoms with Crippen LogP contribution in [-0.4, -0.2) is 36.0 Å². The third-order valence-electron chi connectivity index (χ3n) is 4.59. The van der Waals surface area contributed by atoms with E-state index in [-0.39, 0.29) is 34.4 Å². The minimum Gasteiger partial charge on any atom is -0.490 e. The molecule has 3 aromatic rings. The van der Waals surface area contributed by atoms with E-state index in [1.165, 1.54) is 24.4 Å². The summed E-state index contributed by atoms with van der Waals surface area (Å²) in [5.74, 6) is -0.116. The highest BCUT2D eigenvalue weighted by molar-refractivity contribution is 7.87. The second-order valence-corrected chi connectivity index (χ2v) is 8.56. The van der Waals surface area contributed by atoms with Crippen molar-refractivity contribution in [1.29, 1.82) is 0 Å². The van der Waals surface area contributed by atoms with E-state index >= 15 is 0 Å². The van der Waals surface area contributed by atoms with Gasteiger partial charge in [-0.2, -0.15) is 13.5 Å². The van der Waals surface area contributed by atoms with E-state index < -0.39 is 36.3 Å². The number of non-ortho nitro benzene ring substituents is 2. The van der Waals surface area contributed by atoms with Crippen LogP contribution in [0.4, 0.5) is 22.7 Å². The second-order valence-electron chi connectivity index (χ2n) is 7.01. The molecule has 0 aliphatic rings. The molecule has 1 N–H and O–H groups in total. The van der Waals surface area contributed by atoms with Crippen LogP contribution in [0.15, 0.2) is 70.7 Å². The molecular formula is C21H17N5O10S. The third-order valence-corrected chi connectivity index (χ3v) is 5.84. The molecular weight excluding hydrogens is 514 g/mol. The van der Waals surface area contributed by atoms with Crippen molar-refractivity contribution in [2.24, 2.45) is 5.10 Å². The van der Waals surface area contributed by atoms with Crippen LogP contribution in [0.3, 0.4) is 0 Å². The van der Waals surface area contributed by atoms with E-state index in [1.807, 2.05) is 0 Å². The summed E-state index contributed by atoms with van der Waals surface area (Å²) in [5, 5.41) is 36.7. The van der Waals surface area contributed by atoms with Gasteiger partial charge in [0, 0.05) is 18.2 Å². The van der Waals surface area contributed by atoms with Gasteiger partial charge in [0.25, 0.3) is 11.4 Å². The Morgan fingerprint density at radius 3 is 2.11 bits per heavy atom. The standard InChI is InChI=1S/C21H17N5O10S/c1-2-35-21-11-14(13-22-23-18-9-6-16(25(29)30)12-19(18)26(31)32)3-10-20(21)36-37(33,34)17-7-4-15(5-8-17)24(27)28/h3-13,23H,2H2,1H3/b22-13-. The van der Waals surface area contributed by atoms with Gasteiger partial charge in [-0.25, -0.2) is 0 Å². The van der Waals surface area contributed by atoms with Crippen LogP contribution >= 0.6 is 0 Å². The Morgan fingerprint density at radius 2 is 1.51 bits per heavy atom. The summed E-state index contributed by atoms with van der Waals surface area (Å²) in [6.45, 7) is 1.81. The molecule has 15 nitrogen and oxygen atoms in total. The van der Waals surface area contributed by atoms with Crippen LogP contribution in [0.25, 0.3) is 0 Å². The number of rotatable bonds is 11. The number of benzene rings is 3. The van der Waals surface area contributed by atoms with Gasteiger partial charge in [-0.1, -0.05) is 0 Å². The van der Waals surface area contributed by atoms with Gasteiger partial charge in [0.15, 0.2) is 11.5 Å². The number of hydrogen-bond acceptors (Lipinski definition) is 12. The van der Waals surface area contributed by atoms with Crippen molar-refractivity contribution in [3.05, 3.63) is 96.6 Å². The van der Waals surface area contributed by atoms with Gasteiger partial charge < -0.3 is 8.92 Å². The zero-order valence-electron chi connectivity index (χ0n) is 18.8. The predicted molar refractivity (Wildman–Crippen MR) is 129 cm³/mol. The number of ether oxygens (including phenoxy) is 1. The summed E-state index contributed by atoms with van der Waals surface area (Å²) in [6.07, 6.45) is 1.25. The fourth-order valence-electron chi connectivity index (χ4n) is 2.90. The monoisotopic (exact) mass is 531 g/mol. The summed E-state index contributed by atoms with van der Waals surface area (Å²) >= 11 is 0. The Balaban J connectivity index is 1.82. The molecule has 0 radical (unpaired) electrons. The van der Waals surface area contributed by atoms with Crippen LogP contribution in [0.2, 0.25) is 0 Å². The van der Waals surface area contributed by atoms with Gasteiger partial charge in [0.2, 0.25) is 0 Å².